The maximum atomic E-state index is 13.3. The number of rotatable bonds is 4. The summed E-state index contributed by atoms with van der Waals surface area (Å²) in [5, 5.41) is 0.911. The lowest BCUT2D eigenvalue weighted by molar-refractivity contribution is 0.0697. The van der Waals surface area contributed by atoms with E-state index in [1.54, 1.807) is 46.6 Å². The lowest BCUT2D eigenvalue weighted by Gasteiger charge is -2.34. The lowest BCUT2D eigenvalue weighted by atomic mass is 10.1. The van der Waals surface area contributed by atoms with Crippen molar-refractivity contribution in [3.63, 3.8) is 0 Å². The van der Waals surface area contributed by atoms with Crippen LogP contribution in [0.25, 0.3) is 5.00 Å². The Labute approximate surface area is 175 Å². The molecule has 2 aromatic heterocycles. The molecule has 3 heterocycles. The van der Waals surface area contributed by atoms with Crippen molar-refractivity contribution in [2.24, 2.45) is 0 Å². The van der Waals surface area contributed by atoms with Gasteiger partial charge in [0.2, 0.25) is 10.0 Å². The molecule has 0 spiro atoms. The Kier molecular flexibility index (Phi) is 5.33. The van der Waals surface area contributed by atoms with Gasteiger partial charge >= 0.3 is 0 Å². The van der Waals surface area contributed by atoms with Crippen LogP contribution in [0.3, 0.4) is 0 Å². The molecule has 8 heteroatoms. The van der Waals surface area contributed by atoms with Crippen molar-refractivity contribution >= 4 is 27.3 Å². The van der Waals surface area contributed by atoms with Crippen molar-refractivity contribution in [2.75, 3.05) is 26.2 Å². The highest BCUT2D eigenvalue weighted by Gasteiger charge is 2.32. The van der Waals surface area contributed by atoms with Gasteiger partial charge in [-0.05, 0) is 43.7 Å². The number of sulfonamides is 1. The number of benzene rings is 1. The van der Waals surface area contributed by atoms with Crippen LogP contribution in [0.15, 0.2) is 59.8 Å². The summed E-state index contributed by atoms with van der Waals surface area (Å²) in [4.78, 5) is 16.5. The minimum atomic E-state index is -3.53. The van der Waals surface area contributed by atoms with E-state index in [-0.39, 0.29) is 5.91 Å². The van der Waals surface area contributed by atoms with Gasteiger partial charge in [-0.3, -0.25) is 4.79 Å². The van der Waals surface area contributed by atoms with Gasteiger partial charge in [0, 0.05) is 43.4 Å². The van der Waals surface area contributed by atoms with Gasteiger partial charge in [-0.1, -0.05) is 18.2 Å². The number of carbonyl (C=O) groups is 1. The van der Waals surface area contributed by atoms with Gasteiger partial charge in [-0.25, -0.2) is 8.42 Å². The van der Waals surface area contributed by atoms with E-state index in [9.17, 15) is 13.2 Å². The summed E-state index contributed by atoms with van der Waals surface area (Å²) in [6.07, 6.45) is 3.87. The number of nitrogens with zero attached hydrogens (tertiary/aromatic N) is 3. The molecule has 0 saturated carbocycles. The highest BCUT2D eigenvalue weighted by atomic mass is 32.2. The maximum absolute atomic E-state index is 13.3. The van der Waals surface area contributed by atoms with Crippen molar-refractivity contribution in [2.45, 2.75) is 18.7 Å². The standard InChI is InChI=1S/C21H23N3O3S2/c1-16-17(2)28-21(23-10-6-7-11-23)19(16)20(25)22-12-14-24(15-13-22)29(26,27)18-8-4-3-5-9-18/h3-11H,12-15H2,1-2H3. The smallest absolute Gasteiger partial charge is 0.257 e. The van der Waals surface area contributed by atoms with Gasteiger partial charge < -0.3 is 9.47 Å². The quantitative estimate of drug-likeness (QED) is 0.639. The van der Waals surface area contributed by atoms with E-state index in [2.05, 4.69) is 0 Å². The highest BCUT2D eigenvalue weighted by molar-refractivity contribution is 7.89. The molecule has 0 N–H and O–H groups in total. The van der Waals surface area contributed by atoms with Crippen LogP contribution in [0.4, 0.5) is 0 Å². The van der Waals surface area contributed by atoms with Crippen LogP contribution in [0.1, 0.15) is 20.8 Å². The zero-order chi connectivity index (χ0) is 20.6. The first-order valence-electron chi connectivity index (χ1n) is 9.47. The van der Waals surface area contributed by atoms with Crippen LogP contribution >= 0.6 is 11.3 Å². The molecule has 4 rings (SSSR count). The van der Waals surface area contributed by atoms with Crippen LogP contribution < -0.4 is 0 Å². The highest BCUT2D eigenvalue weighted by Crippen LogP contribution is 2.32. The number of carbonyl (C=O) groups excluding carboxylic acids is 1. The molecule has 29 heavy (non-hydrogen) atoms. The normalized spacial score (nSPS) is 15.6. The molecule has 0 radical (unpaired) electrons. The number of piperazine rings is 1. The van der Waals surface area contributed by atoms with Gasteiger partial charge in [-0.15, -0.1) is 11.3 Å². The molecule has 0 atom stereocenters. The van der Waals surface area contributed by atoms with Gasteiger partial charge in [0.15, 0.2) is 0 Å². The Morgan fingerprint density at radius 1 is 0.931 bits per heavy atom. The fourth-order valence-corrected chi connectivity index (χ4v) is 6.10. The molecule has 0 unspecified atom stereocenters. The number of amides is 1. The molecule has 1 aliphatic rings. The van der Waals surface area contributed by atoms with Crippen LogP contribution in [-0.4, -0.2) is 54.3 Å². The van der Waals surface area contributed by atoms with Crippen molar-refractivity contribution in [3.8, 4) is 5.00 Å². The fraction of sp³-hybridized carbons (Fsp3) is 0.286. The average molecular weight is 430 g/mol. The first-order chi connectivity index (χ1) is 13.9. The largest absolute Gasteiger partial charge is 0.336 e. The maximum Gasteiger partial charge on any atom is 0.257 e. The van der Waals surface area contributed by atoms with E-state index in [1.165, 1.54) is 4.31 Å². The van der Waals surface area contributed by atoms with Crippen LogP contribution in [0, 0.1) is 13.8 Å². The van der Waals surface area contributed by atoms with E-state index in [0.29, 0.717) is 36.6 Å². The number of aryl methyl sites for hydroxylation is 1. The predicted octanol–water partition coefficient (Wildman–Crippen LogP) is 3.30. The van der Waals surface area contributed by atoms with Gasteiger partial charge in [0.05, 0.1) is 10.5 Å². The number of hydrogen-bond acceptors (Lipinski definition) is 4. The summed E-state index contributed by atoms with van der Waals surface area (Å²) >= 11 is 1.60. The molecule has 6 nitrogen and oxygen atoms in total. The Balaban J connectivity index is 1.54. The fourth-order valence-electron chi connectivity index (χ4n) is 3.54. The molecule has 0 bridgehead atoms. The molecular formula is C21H23N3O3S2. The van der Waals surface area contributed by atoms with Gasteiger partial charge in [-0.2, -0.15) is 4.31 Å². The molecule has 1 aromatic carbocycles. The van der Waals surface area contributed by atoms with E-state index < -0.39 is 10.0 Å². The summed E-state index contributed by atoms with van der Waals surface area (Å²) in [7, 11) is -3.53. The first kappa shape index (κ1) is 19.9. The molecule has 3 aromatic rings. The number of aromatic nitrogens is 1. The second-order valence-corrected chi connectivity index (χ2v) is 10.2. The van der Waals surface area contributed by atoms with E-state index in [1.807, 2.05) is 42.9 Å². The Bertz CT molecular complexity index is 1110. The molecule has 152 valence electrons. The number of thiophene rings is 1. The van der Waals surface area contributed by atoms with Crippen molar-refractivity contribution in [3.05, 3.63) is 70.9 Å². The van der Waals surface area contributed by atoms with Crippen LogP contribution in [0.5, 0.6) is 0 Å². The second-order valence-electron chi connectivity index (χ2n) is 7.06. The Morgan fingerprint density at radius 3 is 2.17 bits per heavy atom. The van der Waals surface area contributed by atoms with Crippen LogP contribution in [-0.2, 0) is 10.0 Å². The van der Waals surface area contributed by atoms with Gasteiger partial charge in [0.1, 0.15) is 5.00 Å². The summed E-state index contributed by atoms with van der Waals surface area (Å²) in [6.45, 7) is 5.35. The SMILES string of the molecule is Cc1sc(-n2cccc2)c(C(=O)N2CCN(S(=O)(=O)c3ccccc3)CC2)c1C. The monoisotopic (exact) mass is 429 g/mol. The van der Waals surface area contributed by atoms with Crippen molar-refractivity contribution in [1.82, 2.24) is 13.8 Å². The van der Waals surface area contributed by atoms with E-state index >= 15 is 0 Å². The minimum Gasteiger partial charge on any atom is -0.336 e. The minimum absolute atomic E-state index is 0.0349. The van der Waals surface area contributed by atoms with Gasteiger partial charge in [0.25, 0.3) is 5.91 Å². The summed E-state index contributed by atoms with van der Waals surface area (Å²) in [5.74, 6) is -0.0349. The Hall–Kier alpha value is -2.42. The molecule has 1 aliphatic heterocycles. The first-order valence-corrected chi connectivity index (χ1v) is 11.7. The second kappa shape index (κ2) is 7.78. The topological polar surface area (TPSA) is 62.6 Å². The van der Waals surface area contributed by atoms with E-state index in [0.717, 1.165) is 15.4 Å². The summed E-state index contributed by atoms with van der Waals surface area (Å²) in [5.41, 5.74) is 1.70. The third kappa shape index (κ3) is 3.63. The zero-order valence-corrected chi connectivity index (χ0v) is 18.0. The molecule has 1 fully saturated rings. The van der Waals surface area contributed by atoms with Crippen molar-refractivity contribution in [1.29, 1.82) is 0 Å². The zero-order valence-electron chi connectivity index (χ0n) is 16.4. The molecular weight excluding hydrogens is 406 g/mol. The predicted molar refractivity (Wildman–Crippen MR) is 114 cm³/mol. The lowest BCUT2D eigenvalue weighted by Crippen LogP contribution is -2.50. The number of hydrogen-bond donors (Lipinski definition) is 0. The third-order valence-corrected chi connectivity index (χ3v) is 8.46. The molecule has 1 amide bonds. The molecule has 1 saturated heterocycles. The van der Waals surface area contributed by atoms with Crippen LogP contribution in [0.2, 0.25) is 0 Å². The molecule has 0 aliphatic carbocycles. The third-order valence-electron chi connectivity index (χ3n) is 5.33. The summed E-state index contributed by atoms with van der Waals surface area (Å²) in [6, 6.07) is 12.3. The van der Waals surface area contributed by atoms with Crippen molar-refractivity contribution < 1.29 is 13.2 Å². The summed E-state index contributed by atoms with van der Waals surface area (Å²) < 4.78 is 29.1. The average Bonchev–Trinajstić information content (AvgIpc) is 3.37. The van der Waals surface area contributed by atoms with E-state index in [4.69, 9.17) is 0 Å². The Morgan fingerprint density at radius 2 is 1.55 bits per heavy atom.